The lowest BCUT2D eigenvalue weighted by Crippen LogP contribution is -1.98. The first-order chi connectivity index (χ1) is 8.15. The molecule has 1 heterocycles. The average Bonchev–Trinajstić information content (AvgIpc) is 2.29. The smallest absolute Gasteiger partial charge is 0.0400 e. The van der Waals surface area contributed by atoms with Crippen molar-refractivity contribution < 1.29 is 0 Å². The van der Waals surface area contributed by atoms with E-state index in [0.29, 0.717) is 0 Å². The summed E-state index contributed by atoms with van der Waals surface area (Å²) in [6, 6.07) is 12.2. The summed E-state index contributed by atoms with van der Waals surface area (Å²) in [5, 5.41) is 3.28. The van der Waals surface area contributed by atoms with Crippen LogP contribution in [0.1, 0.15) is 16.8 Å². The largest absolute Gasteiger partial charge is 0.355 e. The van der Waals surface area contributed by atoms with E-state index >= 15 is 0 Å². The summed E-state index contributed by atoms with van der Waals surface area (Å²) in [5.74, 6) is 0. The quantitative estimate of drug-likeness (QED) is 0.858. The highest BCUT2D eigenvalue weighted by Gasteiger charge is 2.00. The summed E-state index contributed by atoms with van der Waals surface area (Å²) < 4.78 is 0. The van der Waals surface area contributed by atoms with Crippen molar-refractivity contribution in [3.05, 3.63) is 66.0 Å². The van der Waals surface area contributed by atoms with Crippen LogP contribution < -0.4 is 5.32 Å². The van der Waals surface area contributed by atoms with E-state index in [1.165, 1.54) is 5.56 Å². The van der Waals surface area contributed by atoms with Crippen molar-refractivity contribution in [3.8, 4) is 0 Å². The molecule has 0 bridgehead atoms. The van der Waals surface area contributed by atoms with E-state index < -0.39 is 0 Å². The van der Waals surface area contributed by atoms with E-state index in [4.69, 9.17) is 0 Å². The maximum atomic E-state index is 4.26. The van der Waals surface area contributed by atoms with Gasteiger partial charge in [-0.1, -0.05) is 18.7 Å². The minimum Gasteiger partial charge on any atom is -0.355 e. The summed E-state index contributed by atoms with van der Waals surface area (Å²) >= 11 is 0. The minimum absolute atomic E-state index is 0.864. The SMILES string of the molecule is C=C(Nc1cccc(C)c1)c1ccc(C)nc1. The monoisotopic (exact) mass is 224 g/mol. The molecule has 17 heavy (non-hydrogen) atoms. The maximum absolute atomic E-state index is 4.26. The van der Waals surface area contributed by atoms with Crippen molar-refractivity contribution in [3.63, 3.8) is 0 Å². The Morgan fingerprint density at radius 2 is 2.00 bits per heavy atom. The van der Waals surface area contributed by atoms with Gasteiger partial charge in [0.25, 0.3) is 0 Å². The summed E-state index contributed by atoms with van der Waals surface area (Å²) in [4.78, 5) is 4.26. The molecule has 0 spiro atoms. The zero-order valence-electron chi connectivity index (χ0n) is 10.2. The third-order valence-corrected chi connectivity index (χ3v) is 2.57. The van der Waals surface area contributed by atoms with Crippen molar-refractivity contribution in [2.45, 2.75) is 13.8 Å². The molecule has 2 rings (SSSR count). The van der Waals surface area contributed by atoms with Crippen LogP contribution in [0.2, 0.25) is 0 Å². The van der Waals surface area contributed by atoms with Crippen LogP contribution in [0, 0.1) is 13.8 Å². The van der Waals surface area contributed by atoms with Crippen LogP contribution in [-0.2, 0) is 0 Å². The number of nitrogens with one attached hydrogen (secondary N) is 1. The van der Waals surface area contributed by atoms with Crippen molar-refractivity contribution in [1.29, 1.82) is 0 Å². The Morgan fingerprint density at radius 3 is 2.65 bits per heavy atom. The van der Waals surface area contributed by atoms with Crippen molar-refractivity contribution in [1.82, 2.24) is 4.98 Å². The molecule has 0 amide bonds. The molecule has 0 atom stereocenters. The van der Waals surface area contributed by atoms with Crippen LogP contribution in [0.25, 0.3) is 5.70 Å². The first-order valence-corrected chi connectivity index (χ1v) is 5.61. The molecule has 0 aliphatic carbocycles. The fourth-order valence-corrected chi connectivity index (χ4v) is 1.62. The molecule has 0 radical (unpaired) electrons. The number of rotatable bonds is 3. The minimum atomic E-state index is 0.864. The lowest BCUT2D eigenvalue weighted by atomic mass is 10.2. The van der Waals surface area contributed by atoms with Gasteiger partial charge in [0.1, 0.15) is 0 Å². The van der Waals surface area contributed by atoms with Gasteiger partial charge in [-0.3, -0.25) is 4.98 Å². The van der Waals surface area contributed by atoms with Crippen LogP contribution in [0.4, 0.5) is 5.69 Å². The van der Waals surface area contributed by atoms with Gasteiger partial charge in [0.15, 0.2) is 0 Å². The molecular formula is C15H16N2. The third kappa shape index (κ3) is 2.94. The van der Waals surface area contributed by atoms with Gasteiger partial charge in [-0.15, -0.1) is 0 Å². The molecule has 0 saturated carbocycles. The predicted molar refractivity (Wildman–Crippen MR) is 72.8 cm³/mol. The molecule has 1 N–H and O–H groups in total. The van der Waals surface area contributed by atoms with Gasteiger partial charge in [-0.05, 0) is 43.7 Å². The number of aromatic nitrogens is 1. The van der Waals surface area contributed by atoms with E-state index in [1.54, 1.807) is 0 Å². The Kier molecular flexibility index (Phi) is 3.24. The first-order valence-electron chi connectivity index (χ1n) is 5.61. The number of benzene rings is 1. The number of hydrogen-bond donors (Lipinski definition) is 1. The highest BCUT2D eigenvalue weighted by atomic mass is 14.9. The average molecular weight is 224 g/mol. The van der Waals surface area contributed by atoms with Crippen molar-refractivity contribution in [2.75, 3.05) is 5.32 Å². The Bertz CT molecular complexity index is 527. The zero-order chi connectivity index (χ0) is 12.3. The fraction of sp³-hybridized carbons (Fsp3) is 0.133. The van der Waals surface area contributed by atoms with Crippen LogP contribution in [0.5, 0.6) is 0 Å². The van der Waals surface area contributed by atoms with Crippen LogP contribution >= 0.6 is 0 Å². The van der Waals surface area contributed by atoms with E-state index in [2.05, 4.69) is 35.9 Å². The van der Waals surface area contributed by atoms with Gasteiger partial charge in [0, 0.05) is 28.8 Å². The second-order valence-corrected chi connectivity index (χ2v) is 4.16. The van der Waals surface area contributed by atoms with Gasteiger partial charge < -0.3 is 5.32 Å². The Hall–Kier alpha value is -2.09. The van der Waals surface area contributed by atoms with Crippen LogP contribution in [0.15, 0.2) is 49.2 Å². The van der Waals surface area contributed by atoms with Crippen molar-refractivity contribution >= 4 is 11.4 Å². The normalized spacial score (nSPS) is 10.0. The molecule has 1 aromatic carbocycles. The van der Waals surface area contributed by atoms with Gasteiger partial charge in [-0.2, -0.15) is 0 Å². The molecular weight excluding hydrogens is 208 g/mol. The fourth-order valence-electron chi connectivity index (χ4n) is 1.62. The number of nitrogens with zero attached hydrogens (tertiary/aromatic N) is 1. The number of hydrogen-bond acceptors (Lipinski definition) is 2. The zero-order valence-corrected chi connectivity index (χ0v) is 10.2. The number of pyridine rings is 1. The van der Waals surface area contributed by atoms with E-state index in [0.717, 1.165) is 22.6 Å². The van der Waals surface area contributed by atoms with Gasteiger partial charge >= 0.3 is 0 Å². The second-order valence-electron chi connectivity index (χ2n) is 4.16. The highest BCUT2D eigenvalue weighted by molar-refractivity contribution is 5.74. The molecule has 0 saturated heterocycles. The first kappa shape index (κ1) is 11.4. The Balaban J connectivity index is 2.14. The Labute approximate surface area is 102 Å². The number of anilines is 1. The predicted octanol–water partition coefficient (Wildman–Crippen LogP) is 3.78. The molecule has 0 aliphatic heterocycles. The summed E-state index contributed by atoms with van der Waals surface area (Å²) in [6.45, 7) is 8.07. The van der Waals surface area contributed by atoms with Gasteiger partial charge in [0.2, 0.25) is 0 Å². The van der Waals surface area contributed by atoms with Gasteiger partial charge in [0.05, 0.1) is 0 Å². The standard InChI is InChI=1S/C15H16N2/c1-11-5-4-6-15(9-11)17-13(3)14-8-7-12(2)16-10-14/h4-10,17H,3H2,1-2H3. The molecule has 86 valence electrons. The highest BCUT2D eigenvalue weighted by Crippen LogP contribution is 2.17. The van der Waals surface area contributed by atoms with Gasteiger partial charge in [-0.25, -0.2) is 0 Å². The molecule has 2 nitrogen and oxygen atoms in total. The molecule has 0 fully saturated rings. The summed E-state index contributed by atoms with van der Waals surface area (Å²) in [7, 11) is 0. The molecule has 2 heteroatoms. The summed E-state index contributed by atoms with van der Waals surface area (Å²) in [6.07, 6.45) is 1.83. The summed E-state index contributed by atoms with van der Waals surface area (Å²) in [5.41, 5.74) is 5.16. The molecule has 2 aromatic rings. The molecule has 0 aliphatic rings. The lowest BCUT2D eigenvalue weighted by Gasteiger charge is -2.10. The van der Waals surface area contributed by atoms with E-state index in [9.17, 15) is 0 Å². The Morgan fingerprint density at radius 1 is 1.18 bits per heavy atom. The molecule has 1 aromatic heterocycles. The van der Waals surface area contributed by atoms with Crippen molar-refractivity contribution in [2.24, 2.45) is 0 Å². The van der Waals surface area contributed by atoms with Crippen LogP contribution in [-0.4, -0.2) is 4.98 Å². The third-order valence-electron chi connectivity index (χ3n) is 2.57. The molecule has 0 unspecified atom stereocenters. The lowest BCUT2D eigenvalue weighted by molar-refractivity contribution is 1.19. The number of aryl methyl sites for hydroxylation is 2. The maximum Gasteiger partial charge on any atom is 0.0400 e. The van der Waals surface area contributed by atoms with E-state index in [1.807, 2.05) is 37.4 Å². The second kappa shape index (κ2) is 4.83. The van der Waals surface area contributed by atoms with E-state index in [-0.39, 0.29) is 0 Å². The topological polar surface area (TPSA) is 24.9 Å². The van der Waals surface area contributed by atoms with Crippen LogP contribution in [0.3, 0.4) is 0 Å².